The van der Waals surface area contributed by atoms with Crippen LogP contribution in [-0.2, 0) is 4.79 Å². The van der Waals surface area contributed by atoms with Crippen LogP contribution in [0.3, 0.4) is 0 Å². The predicted octanol–water partition coefficient (Wildman–Crippen LogP) is 2.53. The van der Waals surface area contributed by atoms with Crippen molar-refractivity contribution in [3.05, 3.63) is 46.0 Å². The Morgan fingerprint density at radius 2 is 2.23 bits per heavy atom. The van der Waals surface area contributed by atoms with E-state index in [1.54, 1.807) is 16.5 Å². The number of aromatic nitrogens is 2. The van der Waals surface area contributed by atoms with Gasteiger partial charge in [-0.25, -0.2) is 0 Å². The first-order chi connectivity index (χ1) is 12.6. The topological polar surface area (TPSA) is 102 Å². The number of ether oxygens (including phenoxy) is 1. The summed E-state index contributed by atoms with van der Waals surface area (Å²) in [7, 11) is 0. The molecule has 10 heteroatoms. The second-order valence-electron chi connectivity index (χ2n) is 5.68. The number of amides is 1. The molecule has 2 aromatic heterocycles. The van der Waals surface area contributed by atoms with Gasteiger partial charge in [0.2, 0.25) is 5.82 Å². The van der Waals surface area contributed by atoms with Gasteiger partial charge in [0.25, 0.3) is 10.9 Å². The maximum atomic E-state index is 12.1. The number of nitrogens with one attached hydrogen (secondary N) is 1. The lowest BCUT2D eigenvalue weighted by atomic mass is 10.2. The molecule has 0 atom stereocenters. The van der Waals surface area contributed by atoms with Crippen molar-refractivity contribution in [2.75, 3.05) is 29.9 Å². The lowest BCUT2D eigenvalue weighted by Crippen LogP contribution is -2.39. The molecular formula is C16H15N5O4S. The Bertz CT molecular complexity index is 982. The number of nitrogens with zero attached hydrogens (tertiary/aromatic N) is 4. The highest BCUT2D eigenvalue weighted by Gasteiger charge is 2.25. The Balaban J connectivity index is 1.42. The van der Waals surface area contributed by atoms with Gasteiger partial charge in [-0.05, 0) is 23.5 Å². The number of hydrogen-bond donors (Lipinski definition) is 1. The van der Waals surface area contributed by atoms with Crippen LogP contribution in [0.2, 0.25) is 0 Å². The van der Waals surface area contributed by atoms with E-state index < -0.39 is 4.92 Å². The predicted molar refractivity (Wildman–Crippen MR) is 97.1 cm³/mol. The van der Waals surface area contributed by atoms with Gasteiger partial charge in [0.05, 0.1) is 5.69 Å². The van der Waals surface area contributed by atoms with Crippen LogP contribution in [0.5, 0.6) is 5.75 Å². The highest BCUT2D eigenvalue weighted by atomic mass is 32.1. The monoisotopic (exact) mass is 373 g/mol. The van der Waals surface area contributed by atoms with Crippen LogP contribution in [0.15, 0.2) is 35.8 Å². The Morgan fingerprint density at radius 3 is 3.08 bits per heavy atom. The fourth-order valence-corrected chi connectivity index (χ4v) is 3.62. The van der Waals surface area contributed by atoms with Crippen LogP contribution in [0, 0.1) is 10.1 Å². The van der Waals surface area contributed by atoms with Crippen LogP contribution in [0.4, 0.5) is 17.3 Å². The quantitative estimate of drug-likeness (QED) is 0.405. The first-order valence-electron chi connectivity index (χ1n) is 8.01. The normalized spacial score (nSPS) is 13.5. The van der Waals surface area contributed by atoms with Crippen molar-refractivity contribution in [1.82, 2.24) is 9.38 Å². The highest BCUT2D eigenvalue weighted by Crippen LogP contribution is 2.31. The fraction of sp³-hybridized carbons (Fsp3) is 0.250. The van der Waals surface area contributed by atoms with Crippen LogP contribution >= 0.6 is 11.3 Å². The number of rotatable bonds is 6. The fourth-order valence-electron chi connectivity index (χ4n) is 2.91. The number of hydrogen-bond acceptors (Lipinski definition) is 7. The lowest BCUT2D eigenvalue weighted by molar-refractivity contribution is -0.389. The van der Waals surface area contributed by atoms with Crippen LogP contribution in [-0.4, -0.2) is 39.9 Å². The van der Waals surface area contributed by atoms with Gasteiger partial charge in [-0.15, -0.1) is 0 Å². The summed E-state index contributed by atoms with van der Waals surface area (Å²) in [5.74, 6) is 0.756. The molecule has 3 heterocycles. The summed E-state index contributed by atoms with van der Waals surface area (Å²) in [6.07, 6.45) is 2.24. The Labute approximate surface area is 152 Å². The number of imidazole rings is 1. The van der Waals surface area contributed by atoms with Crippen molar-refractivity contribution in [3.63, 3.8) is 0 Å². The average Bonchev–Trinajstić information content (AvgIpc) is 3.20. The second kappa shape index (κ2) is 6.64. The van der Waals surface area contributed by atoms with E-state index >= 15 is 0 Å². The number of carbonyl (C=O) groups is 1. The molecule has 1 N–H and O–H groups in total. The molecule has 1 amide bonds. The van der Waals surface area contributed by atoms with Crippen molar-refractivity contribution in [3.8, 4) is 5.75 Å². The maximum Gasteiger partial charge on any atom is 0.372 e. The van der Waals surface area contributed by atoms with Crippen molar-refractivity contribution in [2.45, 2.75) is 6.42 Å². The third-order valence-corrected chi connectivity index (χ3v) is 4.83. The molecule has 0 saturated heterocycles. The molecule has 0 unspecified atom stereocenters. The van der Waals surface area contributed by atoms with Gasteiger partial charge in [0.15, 0.2) is 6.61 Å². The Hall–Kier alpha value is -3.14. The molecule has 1 aromatic carbocycles. The molecule has 1 aliphatic rings. The van der Waals surface area contributed by atoms with Gasteiger partial charge < -0.3 is 25.1 Å². The zero-order valence-corrected chi connectivity index (χ0v) is 14.4. The molecule has 4 rings (SSSR count). The van der Waals surface area contributed by atoms with E-state index in [2.05, 4.69) is 10.3 Å². The minimum Gasteiger partial charge on any atom is -0.482 e. The van der Waals surface area contributed by atoms with Gasteiger partial charge in [-0.3, -0.25) is 4.79 Å². The van der Waals surface area contributed by atoms with E-state index in [1.165, 1.54) is 15.7 Å². The number of para-hydroxylation sites is 2. The number of benzene rings is 1. The van der Waals surface area contributed by atoms with E-state index in [4.69, 9.17) is 4.74 Å². The molecule has 9 nitrogen and oxygen atoms in total. The van der Waals surface area contributed by atoms with Crippen LogP contribution in [0.1, 0.15) is 6.42 Å². The minimum atomic E-state index is -0.448. The molecule has 0 spiro atoms. The van der Waals surface area contributed by atoms with Crippen molar-refractivity contribution in [2.24, 2.45) is 0 Å². The standard InChI is InChI=1S/C16H15N5O4S/c22-13-10-25-12-5-2-1-4-11(12)19(13)7-3-6-17-14-15(21(23)24)20-8-9-26-16(20)18-14/h1-2,4-5,8-9,17H,3,6-7,10H2. The number of nitro groups is 1. The maximum absolute atomic E-state index is 12.1. The van der Waals surface area contributed by atoms with E-state index in [0.717, 1.165) is 5.69 Å². The van der Waals surface area contributed by atoms with Gasteiger partial charge >= 0.3 is 5.82 Å². The largest absolute Gasteiger partial charge is 0.482 e. The summed E-state index contributed by atoms with van der Waals surface area (Å²) < 4.78 is 6.87. The van der Waals surface area contributed by atoms with E-state index in [-0.39, 0.29) is 24.1 Å². The van der Waals surface area contributed by atoms with Gasteiger partial charge in [-0.1, -0.05) is 23.5 Å². The van der Waals surface area contributed by atoms with Crippen LogP contribution in [0.25, 0.3) is 4.96 Å². The summed E-state index contributed by atoms with van der Waals surface area (Å²) in [4.78, 5) is 29.5. The first kappa shape index (κ1) is 16.3. The molecule has 1 aliphatic heterocycles. The molecule has 3 aromatic rings. The van der Waals surface area contributed by atoms with E-state index in [9.17, 15) is 14.9 Å². The zero-order valence-electron chi connectivity index (χ0n) is 13.6. The number of carbonyl (C=O) groups excluding carboxylic acids is 1. The number of fused-ring (bicyclic) bond motifs is 2. The summed E-state index contributed by atoms with van der Waals surface area (Å²) in [6.45, 7) is 0.966. The van der Waals surface area contributed by atoms with Gasteiger partial charge in [0.1, 0.15) is 11.9 Å². The molecule has 26 heavy (non-hydrogen) atoms. The second-order valence-corrected chi connectivity index (χ2v) is 6.55. The zero-order chi connectivity index (χ0) is 18.1. The Morgan fingerprint density at radius 1 is 1.38 bits per heavy atom. The summed E-state index contributed by atoms with van der Waals surface area (Å²) >= 11 is 1.33. The van der Waals surface area contributed by atoms with E-state index in [1.807, 2.05) is 24.3 Å². The third-order valence-electron chi connectivity index (χ3n) is 4.07. The molecule has 0 radical (unpaired) electrons. The Kier molecular flexibility index (Phi) is 4.17. The number of anilines is 2. The smallest absolute Gasteiger partial charge is 0.372 e. The minimum absolute atomic E-state index is 0.0211. The average molecular weight is 373 g/mol. The molecule has 0 saturated carbocycles. The van der Waals surface area contributed by atoms with Crippen molar-refractivity contribution >= 4 is 39.5 Å². The molecule has 134 valence electrons. The van der Waals surface area contributed by atoms with Crippen LogP contribution < -0.4 is 15.0 Å². The van der Waals surface area contributed by atoms with Crippen molar-refractivity contribution in [1.29, 1.82) is 0 Å². The molecule has 0 bridgehead atoms. The summed E-state index contributed by atoms with van der Waals surface area (Å²) in [5, 5.41) is 16.1. The first-order valence-corrected chi connectivity index (χ1v) is 8.89. The summed E-state index contributed by atoms with van der Waals surface area (Å²) in [6, 6.07) is 7.38. The van der Waals surface area contributed by atoms with Gasteiger partial charge in [0, 0.05) is 18.5 Å². The van der Waals surface area contributed by atoms with E-state index in [0.29, 0.717) is 30.2 Å². The molecular weight excluding hydrogens is 358 g/mol. The lowest BCUT2D eigenvalue weighted by Gasteiger charge is -2.29. The summed E-state index contributed by atoms with van der Waals surface area (Å²) in [5.41, 5.74) is 0.747. The highest BCUT2D eigenvalue weighted by molar-refractivity contribution is 7.15. The molecule has 0 aliphatic carbocycles. The number of thiazole rings is 1. The van der Waals surface area contributed by atoms with Crippen molar-refractivity contribution < 1.29 is 14.5 Å². The molecule has 0 fully saturated rings. The SMILES string of the molecule is O=C1COc2ccccc2N1CCCNc1nc2sccn2c1[N+](=O)[O-]. The third kappa shape index (κ3) is 2.84. The van der Waals surface area contributed by atoms with Gasteiger partial charge in [-0.2, -0.15) is 9.38 Å².